The van der Waals surface area contributed by atoms with Crippen molar-refractivity contribution in [1.82, 2.24) is 9.78 Å². The number of carbonyl (C=O) groups excluding carboxylic acids is 1. The monoisotopic (exact) mass is 259 g/mol. The number of phenols is 1. The highest BCUT2D eigenvalue weighted by Crippen LogP contribution is 2.26. The van der Waals surface area contributed by atoms with Crippen LogP contribution < -0.4 is 10.1 Å². The molecule has 2 N–H and O–H groups in total. The third-order valence-corrected chi connectivity index (χ3v) is 2.94. The number of hydrogen-bond acceptors (Lipinski definition) is 4. The van der Waals surface area contributed by atoms with Gasteiger partial charge in [0, 0.05) is 13.0 Å². The van der Waals surface area contributed by atoms with Crippen LogP contribution in [0.2, 0.25) is 0 Å². The molecule has 0 radical (unpaired) electrons. The first-order chi connectivity index (χ1) is 9.25. The second-order valence-corrected chi connectivity index (χ2v) is 4.26. The summed E-state index contributed by atoms with van der Waals surface area (Å²) in [6, 6.07) is 6.57. The molecule has 1 amide bonds. The maximum Gasteiger partial charge on any atom is 0.262 e. The molecule has 0 unspecified atom stereocenters. The lowest BCUT2D eigenvalue weighted by Gasteiger charge is -2.16. The zero-order chi connectivity index (χ0) is 13.2. The summed E-state index contributed by atoms with van der Waals surface area (Å²) in [5, 5.41) is 16.4. The molecule has 98 valence electrons. The Morgan fingerprint density at radius 2 is 2.26 bits per heavy atom. The van der Waals surface area contributed by atoms with E-state index in [9.17, 15) is 9.90 Å². The van der Waals surface area contributed by atoms with E-state index in [1.54, 1.807) is 22.9 Å². The topological polar surface area (TPSA) is 76.4 Å². The summed E-state index contributed by atoms with van der Waals surface area (Å²) >= 11 is 0. The summed E-state index contributed by atoms with van der Waals surface area (Å²) in [6.45, 7) is 1.34. The van der Waals surface area contributed by atoms with Crippen molar-refractivity contribution >= 4 is 11.6 Å². The Hall–Kier alpha value is -2.50. The summed E-state index contributed by atoms with van der Waals surface area (Å²) in [5.41, 5.74) is 0.742. The van der Waals surface area contributed by atoms with Gasteiger partial charge in [-0.3, -0.25) is 4.79 Å². The molecule has 0 atom stereocenters. The molecule has 2 heterocycles. The average Bonchev–Trinajstić information content (AvgIpc) is 2.85. The van der Waals surface area contributed by atoms with Crippen molar-refractivity contribution in [3.8, 4) is 11.6 Å². The zero-order valence-corrected chi connectivity index (χ0v) is 10.2. The maximum absolute atomic E-state index is 12.1. The van der Waals surface area contributed by atoms with E-state index in [-0.39, 0.29) is 11.7 Å². The number of amides is 1. The van der Waals surface area contributed by atoms with Gasteiger partial charge >= 0.3 is 0 Å². The van der Waals surface area contributed by atoms with Gasteiger partial charge in [-0.15, -0.1) is 0 Å². The molecular weight excluding hydrogens is 246 g/mol. The molecule has 1 aromatic heterocycles. The highest BCUT2D eigenvalue weighted by atomic mass is 16.5. The van der Waals surface area contributed by atoms with Gasteiger partial charge in [0.25, 0.3) is 5.91 Å². The van der Waals surface area contributed by atoms with Crippen LogP contribution in [0.3, 0.4) is 0 Å². The van der Waals surface area contributed by atoms with Crippen LogP contribution in [0.1, 0.15) is 16.8 Å². The number of benzene rings is 1. The van der Waals surface area contributed by atoms with Crippen molar-refractivity contribution in [2.24, 2.45) is 0 Å². The summed E-state index contributed by atoms with van der Waals surface area (Å²) in [5.74, 6) is 0.168. The Kier molecular flexibility index (Phi) is 2.83. The first-order valence-electron chi connectivity index (χ1n) is 6.03. The molecule has 0 fully saturated rings. The summed E-state index contributed by atoms with van der Waals surface area (Å²) in [6.07, 6.45) is 2.37. The first kappa shape index (κ1) is 11.6. The van der Waals surface area contributed by atoms with E-state index in [1.807, 2.05) is 0 Å². The second-order valence-electron chi connectivity index (χ2n) is 4.26. The van der Waals surface area contributed by atoms with E-state index >= 15 is 0 Å². The molecule has 0 bridgehead atoms. The quantitative estimate of drug-likeness (QED) is 0.803. The number of fused-ring (bicyclic) bond motifs is 1. The number of rotatable bonds is 2. The number of phenolic OH excluding ortho intramolecular Hbond substituents is 1. The molecule has 6 heteroatoms. The lowest BCUT2D eigenvalue weighted by atomic mass is 10.2. The normalized spacial score (nSPS) is 13.5. The third kappa shape index (κ3) is 2.12. The Morgan fingerprint density at radius 3 is 3.11 bits per heavy atom. The first-order valence-corrected chi connectivity index (χ1v) is 6.03. The minimum absolute atomic E-state index is 0.0257. The molecular formula is C13H13N3O3. The third-order valence-electron chi connectivity index (χ3n) is 2.94. The van der Waals surface area contributed by atoms with Crippen LogP contribution >= 0.6 is 0 Å². The predicted molar refractivity (Wildman–Crippen MR) is 68.4 cm³/mol. The van der Waals surface area contributed by atoms with Crippen LogP contribution in [-0.4, -0.2) is 27.4 Å². The fraction of sp³-hybridized carbons (Fsp3) is 0.231. The van der Waals surface area contributed by atoms with Crippen LogP contribution in [-0.2, 0) is 6.54 Å². The standard InChI is InChI=1S/C13H13N3O3/c17-11-5-2-1-4-10(11)15-12(18)9-8-14-16-6-3-7-19-13(9)16/h1-2,4-5,8,17H,3,6-7H2,(H,15,18). The van der Waals surface area contributed by atoms with Gasteiger partial charge in [0.15, 0.2) is 0 Å². The smallest absolute Gasteiger partial charge is 0.262 e. The fourth-order valence-electron chi connectivity index (χ4n) is 1.99. The number of para-hydroxylation sites is 2. The van der Waals surface area contributed by atoms with Gasteiger partial charge in [-0.1, -0.05) is 12.1 Å². The molecule has 6 nitrogen and oxygen atoms in total. The van der Waals surface area contributed by atoms with E-state index in [0.717, 1.165) is 13.0 Å². The molecule has 1 aliphatic heterocycles. The van der Waals surface area contributed by atoms with Crippen LogP contribution in [0, 0.1) is 0 Å². The molecule has 1 aromatic carbocycles. The van der Waals surface area contributed by atoms with Crippen LogP contribution in [0.15, 0.2) is 30.5 Å². The van der Waals surface area contributed by atoms with E-state index in [1.165, 1.54) is 12.3 Å². The number of ether oxygens (including phenoxy) is 1. The molecule has 2 aromatic rings. The van der Waals surface area contributed by atoms with Gasteiger partial charge in [0.05, 0.1) is 18.5 Å². The van der Waals surface area contributed by atoms with Crippen molar-refractivity contribution in [2.45, 2.75) is 13.0 Å². The molecule has 0 saturated carbocycles. The highest BCUT2D eigenvalue weighted by molar-refractivity contribution is 6.06. The number of hydrogen-bond donors (Lipinski definition) is 2. The summed E-state index contributed by atoms with van der Waals surface area (Å²) < 4.78 is 7.13. The van der Waals surface area contributed by atoms with Gasteiger partial charge in [-0.2, -0.15) is 5.10 Å². The van der Waals surface area contributed by atoms with E-state index in [0.29, 0.717) is 23.7 Å². The van der Waals surface area contributed by atoms with Gasteiger partial charge in [-0.25, -0.2) is 4.68 Å². The largest absolute Gasteiger partial charge is 0.506 e. The van der Waals surface area contributed by atoms with Gasteiger partial charge < -0.3 is 15.2 Å². The van der Waals surface area contributed by atoms with E-state index < -0.39 is 0 Å². The summed E-state index contributed by atoms with van der Waals surface area (Å²) in [4.78, 5) is 12.1. The average molecular weight is 259 g/mol. The second kappa shape index (κ2) is 4.64. The molecule has 0 saturated heterocycles. The number of aromatic hydroxyl groups is 1. The van der Waals surface area contributed by atoms with Crippen LogP contribution in [0.25, 0.3) is 0 Å². The predicted octanol–water partition coefficient (Wildman–Crippen LogP) is 1.62. The van der Waals surface area contributed by atoms with Gasteiger partial charge in [-0.05, 0) is 12.1 Å². The minimum Gasteiger partial charge on any atom is -0.506 e. The van der Waals surface area contributed by atoms with Crippen LogP contribution in [0.4, 0.5) is 5.69 Å². The fourth-order valence-corrected chi connectivity index (χ4v) is 1.99. The number of nitrogens with one attached hydrogen (secondary N) is 1. The molecule has 3 rings (SSSR count). The SMILES string of the molecule is O=C(Nc1ccccc1O)c1cnn2c1OCCC2. The Balaban J connectivity index is 1.85. The molecule has 1 aliphatic rings. The zero-order valence-electron chi connectivity index (χ0n) is 10.2. The molecule has 19 heavy (non-hydrogen) atoms. The Bertz CT molecular complexity index is 621. The van der Waals surface area contributed by atoms with E-state index in [4.69, 9.17) is 4.74 Å². The Morgan fingerprint density at radius 1 is 1.42 bits per heavy atom. The van der Waals surface area contributed by atoms with Crippen molar-refractivity contribution < 1.29 is 14.6 Å². The molecule has 0 spiro atoms. The molecule has 0 aliphatic carbocycles. The van der Waals surface area contributed by atoms with Crippen molar-refractivity contribution in [3.63, 3.8) is 0 Å². The van der Waals surface area contributed by atoms with Crippen LogP contribution in [0.5, 0.6) is 11.6 Å². The van der Waals surface area contributed by atoms with Crippen molar-refractivity contribution in [1.29, 1.82) is 0 Å². The minimum atomic E-state index is -0.343. The van der Waals surface area contributed by atoms with Crippen molar-refractivity contribution in [3.05, 3.63) is 36.0 Å². The van der Waals surface area contributed by atoms with Crippen molar-refractivity contribution in [2.75, 3.05) is 11.9 Å². The van der Waals surface area contributed by atoms with Gasteiger partial charge in [0.1, 0.15) is 11.3 Å². The van der Waals surface area contributed by atoms with E-state index in [2.05, 4.69) is 10.4 Å². The number of aryl methyl sites for hydroxylation is 1. The lowest BCUT2D eigenvalue weighted by Crippen LogP contribution is -2.18. The number of carbonyl (C=O) groups is 1. The maximum atomic E-state index is 12.1. The Labute approximate surface area is 109 Å². The summed E-state index contributed by atoms with van der Waals surface area (Å²) in [7, 11) is 0. The number of aromatic nitrogens is 2. The highest BCUT2D eigenvalue weighted by Gasteiger charge is 2.22. The number of anilines is 1. The number of nitrogens with zero attached hydrogens (tertiary/aromatic N) is 2. The van der Waals surface area contributed by atoms with Gasteiger partial charge in [0.2, 0.25) is 5.88 Å². The lowest BCUT2D eigenvalue weighted by molar-refractivity contribution is 0.102.